The van der Waals surface area contributed by atoms with Crippen LogP contribution in [-0.4, -0.2) is 19.3 Å². The lowest BCUT2D eigenvalue weighted by Crippen LogP contribution is -2.01. The van der Waals surface area contributed by atoms with Gasteiger partial charge in [0.05, 0.1) is 23.3 Å². The molecular formula is C12H11BrN4S. The van der Waals surface area contributed by atoms with Crippen LogP contribution in [0, 0.1) is 4.77 Å². The van der Waals surface area contributed by atoms with Crippen molar-refractivity contribution in [1.29, 1.82) is 0 Å². The summed E-state index contributed by atoms with van der Waals surface area (Å²) in [5, 5.41) is 4.38. The molecule has 0 bridgehead atoms. The van der Waals surface area contributed by atoms with Crippen LogP contribution in [0.15, 0.2) is 34.9 Å². The molecule has 92 valence electrons. The van der Waals surface area contributed by atoms with Gasteiger partial charge in [-0.15, -0.1) is 0 Å². The Kier molecular flexibility index (Phi) is 2.83. The average molecular weight is 323 g/mol. The van der Waals surface area contributed by atoms with E-state index in [0.29, 0.717) is 11.3 Å². The van der Waals surface area contributed by atoms with Crippen molar-refractivity contribution in [3.05, 3.63) is 45.4 Å². The van der Waals surface area contributed by atoms with Crippen LogP contribution in [0.4, 0.5) is 0 Å². The summed E-state index contributed by atoms with van der Waals surface area (Å²) < 4.78 is 5.61. The molecular weight excluding hydrogens is 312 g/mol. The summed E-state index contributed by atoms with van der Waals surface area (Å²) in [4.78, 5) is 3.20. The highest BCUT2D eigenvalue weighted by molar-refractivity contribution is 9.10. The maximum absolute atomic E-state index is 5.36. The molecule has 3 aromatic rings. The Balaban J connectivity index is 2.13. The lowest BCUT2D eigenvalue weighted by Gasteiger charge is -2.02. The number of imidazole rings is 1. The van der Waals surface area contributed by atoms with E-state index in [4.69, 9.17) is 12.2 Å². The Labute approximate surface area is 117 Å². The molecule has 0 aliphatic carbocycles. The predicted molar refractivity (Wildman–Crippen MR) is 77.1 cm³/mol. The molecule has 1 aromatic carbocycles. The Bertz CT molecular complexity index is 768. The van der Waals surface area contributed by atoms with E-state index in [-0.39, 0.29) is 0 Å². The third-order valence-electron chi connectivity index (χ3n) is 2.83. The molecule has 3 rings (SSSR count). The third kappa shape index (κ3) is 2.02. The van der Waals surface area contributed by atoms with Gasteiger partial charge in [-0.25, -0.2) is 0 Å². The highest BCUT2D eigenvalue weighted by atomic mass is 79.9. The molecule has 0 radical (unpaired) electrons. The van der Waals surface area contributed by atoms with Crippen molar-refractivity contribution in [2.24, 2.45) is 7.05 Å². The molecule has 2 aromatic heterocycles. The van der Waals surface area contributed by atoms with Crippen molar-refractivity contribution >= 4 is 39.2 Å². The summed E-state index contributed by atoms with van der Waals surface area (Å²) >= 11 is 8.84. The quantitative estimate of drug-likeness (QED) is 0.735. The number of nitrogens with one attached hydrogen (secondary N) is 1. The second-order valence-corrected chi connectivity index (χ2v) is 5.46. The molecule has 0 unspecified atom stereocenters. The van der Waals surface area contributed by atoms with E-state index in [1.165, 1.54) is 0 Å². The Hall–Kier alpha value is -1.40. The number of H-pyrrole nitrogens is 1. The van der Waals surface area contributed by atoms with E-state index in [9.17, 15) is 0 Å². The number of aromatic nitrogens is 4. The van der Waals surface area contributed by atoms with Crippen molar-refractivity contribution < 1.29 is 0 Å². The first-order valence-corrected chi connectivity index (χ1v) is 6.70. The molecule has 0 spiro atoms. The maximum atomic E-state index is 5.36. The molecule has 0 amide bonds. The van der Waals surface area contributed by atoms with Gasteiger partial charge < -0.3 is 9.55 Å². The number of aryl methyl sites for hydroxylation is 1. The summed E-state index contributed by atoms with van der Waals surface area (Å²) in [6, 6.07) is 8.08. The first kappa shape index (κ1) is 11.7. The number of hydrogen-bond donors (Lipinski definition) is 1. The van der Waals surface area contributed by atoms with E-state index in [2.05, 4.69) is 36.6 Å². The minimum atomic E-state index is 0.677. The van der Waals surface area contributed by atoms with Gasteiger partial charge in [0.1, 0.15) is 0 Å². The van der Waals surface area contributed by atoms with Gasteiger partial charge in [0, 0.05) is 17.7 Å². The number of rotatable bonds is 2. The van der Waals surface area contributed by atoms with Gasteiger partial charge in [0.15, 0.2) is 4.77 Å². The van der Waals surface area contributed by atoms with Crippen LogP contribution in [0.1, 0.15) is 5.69 Å². The summed E-state index contributed by atoms with van der Waals surface area (Å²) in [5.74, 6) is 0. The van der Waals surface area contributed by atoms with Crippen LogP contribution in [0.2, 0.25) is 0 Å². The number of nitrogens with zero attached hydrogens (tertiary/aromatic N) is 3. The van der Waals surface area contributed by atoms with Gasteiger partial charge in [0.2, 0.25) is 0 Å². The summed E-state index contributed by atoms with van der Waals surface area (Å²) in [6.45, 7) is 0.677. The summed E-state index contributed by atoms with van der Waals surface area (Å²) in [7, 11) is 1.91. The third-order valence-corrected chi connectivity index (χ3v) is 3.64. The second kappa shape index (κ2) is 4.37. The standard InChI is InChI=1S/C12H11BrN4S/c1-16-5-4-9(15-16)7-17-11-6-8(13)2-3-10(11)14-12(17)18/h2-6H,7H2,1H3,(H,14,18). The molecule has 0 atom stereocenters. The molecule has 0 aliphatic rings. The number of hydrogen-bond acceptors (Lipinski definition) is 2. The average Bonchev–Trinajstić information content (AvgIpc) is 2.86. The molecule has 18 heavy (non-hydrogen) atoms. The lowest BCUT2D eigenvalue weighted by atomic mass is 10.3. The Morgan fingerprint density at radius 3 is 2.94 bits per heavy atom. The highest BCUT2D eigenvalue weighted by Crippen LogP contribution is 2.20. The molecule has 0 saturated carbocycles. The van der Waals surface area contributed by atoms with Crippen LogP contribution < -0.4 is 0 Å². The zero-order valence-electron chi connectivity index (χ0n) is 9.72. The first-order chi connectivity index (χ1) is 8.63. The van der Waals surface area contributed by atoms with Crippen molar-refractivity contribution in [1.82, 2.24) is 19.3 Å². The number of fused-ring (bicyclic) bond motifs is 1. The minimum Gasteiger partial charge on any atom is -0.331 e. The normalized spacial score (nSPS) is 11.2. The summed E-state index contributed by atoms with van der Waals surface area (Å²) in [6.07, 6.45) is 1.93. The molecule has 4 nitrogen and oxygen atoms in total. The first-order valence-electron chi connectivity index (χ1n) is 5.50. The molecule has 2 heterocycles. The van der Waals surface area contributed by atoms with Gasteiger partial charge in [-0.1, -0.05) is 15.9 Å². The number of halogens is 1. The smallest absolute Gasteiger partial charge is 0.178 e. The Morgan fingerprint density at radius 2 is 2.22 bits per heavy atom. The summed E-state index contributed by atoms with van der Waals surface area (Å²) in [5.41, 5.74) is 3.12. The van der Waals surface area contributed by atoms with Gasteiger partial charge in [-0.05, 0) is 36.5 Å². The van der Waals surface area contributed by atoms with Gasteiger partial charge >= 0.3 is 0 Å². The van der Waals surface area contributed by atoms with Crippen molar-refractivity contribution in [2.45, 2.75) is 6.54 Å². The molecule has 1 N–H and O–H groups in total. The Morgan fingerprint density at radius 1 is 1.39 bits per heavy atom. The van der Waals surface area contributed by atoms with E-state index < -0.39 is 0 Å². The minimum absolute atomic E-state index is 0.677. The molecule has 0 fully saturated rings. The van der Waals surface area contributed by atoms with Gasteiger partial charge in [-0.2, -0.15) is 5.10 Å². The predicted octanol–water partition coefficient (Wildman–Crippen LogP) is 3.24. The van der Waals surface area contributed by atoms with Crippen LogP contribution in [0.25, 0.3) is 11.0 Å². The zero-order chi connectivity index (χ0) is 12.7. The van der Waals surface area contributed by atoms with Crippen LogP contribution in [0.5, 0.6) is 0 Å². The fourth-order valence-electron chi connectivity index (χ4n) is 1.99. The number of benzene rings is 1. The largest absolute Gasteiger partial charge is 0.331 e. The fraction of sp³-hybridized carbons (Fsp3) is 0.167. The SMILES string of the molecule is Cn1ccc(Cn2c(=S)[nH]c3ccc(Br)cc32)n1. The van der Waals surface area contributed by atoms with Crippen LogP contribution >= 0.6 is 28.1 Å². The van der Waals surface area contributed by atoms with Crippen molar-refractivity contribution in [2.75, 3.05) is 0 Å². The van der Waals surface area contributed by atoms with Crippen LogP contribution in [0.3, 0.4) is 0 Å². The van der Waals surface area contributed by atoms with Crippen LogP contribution in [-0.2, 0) is 13.6 Å². The monoisotopic (exact) mass is 322 g/mol. The maximum Gasteiger partial charge on any atom is 0.178 e. The van der Waals surface area contributed by atoms with E-state index in [1.807, 2.05) is 31.4 Å². The van der Waals surface area contributed by atoms with Gasteiger partial charge in [-0.3, -0.25) is 4.68 Å². The topological polar surface area (TPSA) is 38.5 Å². The molecule has 6 heteroatoms. The second-order valence-electron chi connectivity index (χ2n) is 4.16. The zero-order valence-corrected chi connectivity index (χ0v) is 12.1. The van der Waals surface area contributed by atoms with E-state index >= 15 is 0 Å². The molecule has 0 aliphatic heterocycles. The fourth-order valence-corrected chi connectivity index (χ4v) is 2.61. The van der Waals surface area contributed by atoms with E-state index in [0.717, 1.165) is 21.2 Å². The lowest BCUT2D eigenvalue weighted by molar-refractivity contribution is 0.710. The number of aromatic amines is 1. The molecule has 0 saturated heterocycles. The van der Waals surface area contributed by atoms with E-state index in [1.54, 1.807) is 4.68 Å². The highest BCUT2D eigenvalue weighted by Gasteiger charge is 2.07. The van der Waals surface area contributed by atoms with Crippen molar-refractivity contribution in [3.63, 3.8) is 0 Å². The van der Waals surface area contributed by atoms with Gasteiger partial charge in [0.25, 0.3) is 0 Å². The van der Waals surface area contributed by atoms with Crippen molar-refractivity contribution in [3.8, 4) is 0 Å².